The Labute approximate surface area is 172 Å². The Balaban J connectivity index is 2.39. The van der Waals surface area contributed by atoms with Gasteiger partial charge in [-0.3, -0.25) is 9.59 Å². The fourth-order valence-corrected chi connectivity index (χ4v) is 3.40. The van der Waals surface area contributed by atoms with Crippen LogP contribution in [0.3, 0.4) is 0 Å². The number of Topliss-reactive ketones (excluding diaryl/α,β-unsaturated/α-hetero) is 1. The van der Waals surface area contributed by atoms with Crippen molar-refractivity contribution in [3.63, 3.8) is 0 Å². The quantitative estimate of drug-likeness (QED) is 0.270. The minimum Gasteiger partial charge on any atom is -0.283 e. The van der Waals surface area contributed by atoms with Crippen LogP contribution in [0.25, 0.3) is 0 Å². The second-order valence-electron chi connectivity index (χ2n) is 7.13. The first-order valence-electron chi connectivity index (χ1n) is 10.1. The number of rotatable bonds is 8. The topological polar surface area (TPSA) is 49.7 Å². The van der Waals surface area contributed by atoms with E-state index in [1.54, 1.807) is 12.1 Å². The zero-order valence-electron chi connectivity index (χ0n) is 17.9. The average molecular weight is 397 g/mol. The molecule has 0 bridgehead atoms. The summed E-state index contributed by atoms with van der Waals surface area (Å²) in [6.07, 6.45) is 2.77. The number of carbonyl (C=O) groups is 2. The van der Waals surface area contributed by atoms with Gasteiger partial charge in [0.1, 0.15) is 5.82 Å². The van der Waals surface area contributed by atoms with Crippen molar-refractivity contribution in [2.75, 3.05) is 7.05 Å². The van der Waals surface area contributed by atoms with E-state index in [2.05, 4.69) is 5.10 Å². The van der Waals surface area contributed by atoms with Gasteiger partial charge in [0.2, 0.25) is 0 Å². The van der Waals surface area contributed by atoms with Crippen molar-refractivity contribution < 1.29 is 14.0 Å². The number of ketones is 1. The summed E-state index contributed by atoms with van der Waals surface area (Å²) in [7, 11) is 1.49. The highest BCUT2D eigenvalue weighted by molar-refractivity contribution is 6.43. The summed E-state index contributed by atoms with van der Waals surface area (Å²) in [6, 6.07) is 9.91. The number of hydrogen-bond donors (Lipinski definition) is 0. The predicted molar refractivity (Wildman–Crippen MR) is 115 cm³/mol. The summed E-state index contributed by atoms with van der Waals surface area (Å²) in [5.41, 5.74) is 4.71. The van der Waals surface area contributed by atoms with Gasteiger partial charge in [-0.05, 0) is 55.0 Å². The maximum absolute atomic E-state index is 13.2. The van der Waals surface area contributed by atoms with Crippen LogP contribution >= 0.6 is 0 Å². The molecule has 2 aromatic rings. The fourth-order valence-electron chi connectivity index (χ4n) is 3.40. The second-order valence-corrected chi connectivity index (χ2v) is 7.13. The van der Waals surface area contributed by atoms with Gasteiger partial charge in [-0.15, -0.1) is 0 Å². The number of hydrogen-bond acceptors (Lipinski definition) is 3. The molecule has 0 radical (unpaired) electrons. The summed E-state index contributed by atoms with van der Waals surface area (Å²) in [5.74, 6) is -1.54. The van der Waals surface area contributed by atoms with Crippen molar-refractivity contribution >= 4 is 17.4 Å². The lowest BCUT2D eigenvalue weighted by atomic mass is 9.92. The van der Waals surface area contributed by atoms with E-state index in [0.29, 0.717) is 30.5 Å². The number of halogens is 1. The summed E-state index contributed by atoms with van der Waals surface area (Å²) in [4.78, 5) is 26.0. The smallest absolute Gasteiger partial charge is 0.283 e. The Bertz CT molecular complexity index is 892. The SMILES string of the molecule is CCCC(=NN(C)C(=O)C(=O)c1c(CC)cc(C)cc1CC)c1ccc(F)cc1. The Morgan fingerprint density at radius 1 is 1.00 bits per heavy atom. The molecule has 29 heavy (non-hydrogen) atoms. The van der Waals surface area contributed by atoms with E-state index >= 15 is 0 Å². The molecule has 0 unspecified atom stereocenters. The third-order valence-corrected chi connectivity index (χ3v) is 4.86. The van der Waals surface area contributed by atoms with E-state index in [0.717, 1.165) is 33.7 Å². The number of carbonyl (C=O) groups excluding carboxylic acids is 2. The van der Waals surface area contributed by atoms with Gasteiger partial charge in [-0.1, -0.05) is 57.0 Å². The molecule has 0 fully saturated rings. The Morgan fingerprint density at radius 3 is 2.03 bits per heavy atom. The van der Waals surface area contributed by atoms with Gasteiger partial charge < -0.3 is 0 Å². The molecule has 0 atom stereocenters. The molecule has 0 spiro atoms. The minimum absolute atomic E-state index is 0.331. The van der Waals surface area contributed by atoms with Crippen molar-refractivity contribution in [3.8, 4) is 0 Å². The van der Waals surface area contributed by atoms with Gasteiger partial charge in [0.05, 0.1) is 5.71 Å². The van der Waals surface area contributed by atoms with E-state index in [1.807, 2.05) is 39.8 Å². The molecule has 0 saturated heterocycles. The summed E-state index contributed by atoms with van der Waals surface area (Å²) < 4.78 is 13.2. The normalized spacial score (nSPS) is 11.4. The molecule has 0 aliphatic carbocycles. The van der Waals surface area contributed by atoms with Crippen LogP contribution in [0.15, 0.2) is 41.5 Å². The van der Waals surface area contributed by atoms with E-state index < -0.39 is 11.7 Å². The first-order valence-corrected chi connectivity index (χ1v) is 10.1. The van der Waals surface area contributed by atoms with Crippen molar-refractivity contribution in [3.05, 3.63) is 70.0 Å². The minimum atomic E-state index is -0.672. The monoisotopic (exact) mass is 396 g/mol. The number of aryl methyl sites for hydroxylation is 3. The van der Waals surface area contributed by atoms with Crippen LogP contribution in [0.1, 0.15) is 66.2 Å². The van der Waals surface area contributed by atoms with Crippen molar-refractivity contribution in [1.82, 2.24) is 5.01 Å². The zero-order valence-corrected chi connectivity index (χ0v) is 17.9. The predicted octanol–water partition coefficient (Wildman–Crippen LogP) is 5.10. The van der Waals surface area contributed by atoms with Crippen LogP contribution in [0.2, 0.25) is 0 Å². The number of amides is 1. The van der Waals surface area contributed by atoms with E-state index in [9.17, 15) is 14.0 Å². The van der Waals surface area contributed by atoms with Gasteiger partial charge in [0, 0.05) is 12.6 Å². The van der Waals surface area contributed by atoms with Crippen LogP contribution < -0.4 is 0 Å². The molecule has 2 rings (SSSR count). The van der Waals surface area contributed by atoms with Gasteiger partial charge in [-0.2, -0.15) is 5.10 Å². The van der Waals surface area contributed by atoms with Gasteiger partial charge in [-0.25, -0.2) is 9.40 Å². The molecule has 0 heterocycles. The second kappa shape index (κ2) is 10.1. The summed E-state index contributed by atoms with van der Waals surface area (Å²) >= 11 is 0. The fraction of sp³-hybridized carbons (Fsp3) is 0.375. The third-order valence-electron chi connectivity index (χ3n) is 4.86. The summed E-state index contributed by atoms with van der Waals surface area (Å²) in [5, 5.41) is 5.50. The number of likely N-dealkylation sites (N-methyl/N-ethyl adjacent to an activating group) is 1. The highest BCUT2D eigenvalue weighted by Gasteiger charge is 2.25. The highest BCUT2D eigenvalue weighted by Crippen LogP contribution is 2.21. The van der Waals surface area contributed by atoms with Crippen LogP contribution in [0, 0.1) is 12.7 Å². The molecular weight excluding hydrogens is 367 g/mol. The van der Waals surface area contributed by atoms with Crippen LogP contribution in [0.5, 0.6) is 0 Å². The van der Waals surface area contributed by atoms with Gasteiger partial charge >= 0.3 is 5.91 Å². The zero-order chi connectivity index (χ0) is 21.6. The van der Waals surface area contributed by atoms with Gasteiger partial charge in [0.25, 0.3) is 5.78 Å². The Hall–Kier alpha value is -2.82. The van der Waals surface area contributed by atoms with Crippen molar-refractivity contribution in [1.29, 1.82) is 0 Å². The maximum Gasteiger partial charge on any atom is 0.314 e. The van der Waals surface area contributed by atoms with E-state index in [4.69, 9.17) is 0 Å². The highest BCUT2D eigenvalue weighted by atomic mass is 19.1. The molecule has 0 aliphatic heterocycles. The molecule has 0 N–H and O–H groups in total. The van der Waals surface area contributed by atoms with Crippen LogP contribution in [-0.4, -0.2) is 29.5 Å². The lowest BCUT2D eigenvalue weighted by molar-refractivity contribution is -0.125. The molecule has 5 heteroatoms. The van der Waals surface area contributed by atoms with Crippen LogP contribution in [-0.2, 0) is 17.6 Å². The standard InChI is InChI=1S/C24H29FN2O2/c1-6-9-21(19-10-12-20(25)13-11-19)26-27(5)24(29)23(28)22-17(7-2)14-16(4)15-18(22)8-3/h10-15H,6-9H2,1-5H3. The number of nitrogens with zero attached hydrogens (tertiary/aromatic N) is 2. The molecule has 4 nitrogen and oxygen atoms in total. The molecule has 0 aliphatic rings. The average Bonchev–Trinajstić information content (AvgIpc) is 2.72. The Morgan fingerprint density at radius 2 is 1.55 bits per heavy atom. The largest absolute Gasteiger partial charge is 0.314 e. The number of hydrazone groups is 1. The molecule has 2 aromatic carbocycles. The lowest BCUT2D eigenvalue weighted by Crippen LogP contribution is -2.32. The maximum atomic E-state index is 13.2. The van der Waals surface area contributed by atoms with E-state index in [-0.39, 0.29) is 5.82 Å². The Kier molecular flexibility index (Phi) is 7.82. The van der Waals surface area contributed by atoms with Crippen LogP contribution in [0.4, 0.5) is 4.39 Å². The summed E-state index contributed by atoms with van der Waals surface area (Å²) in [6.45, 7) is 7.94. The first kappa shape index (κ1) is 22.5. The molecule has 0 aromatic heterocycles. The molecule has 0 saturated carbocycles. The lowest BCUT2D eigenvalue weighted by Gasteiger charge is -2.17. The van der Waals surface area contributed by atoms with E-state index in [1.165, 1.54) is 19.2 Å². The molecular formula is C24H29FN2O2. The van der Waals surface area contributed by atoms with Crippen molar-refractivity contribution in [2.24, 2.45) is 5.10 Å². The molecule has 1 amide bonds. The molecule has 154 valence electrons. The van der Waals surface area contributed by atoms with Crippen molar-refractivity contribution in [2.45, 2.75) is 53.4 Å². The third kappa shape index (κ3) is 5.37. The number of benzene rings is 2. The first-order chi connectivity index (χ1) is 13.8. The van der Waals surface area contributed by atoms with Gasteiger partial charge in [0.15, 0.2) is 0 Å².